The summed E-state index contributed by atoms with van der Waals surface area (Å²) in [5.74, 6) is 1.35. The summed E-state index contributed by atoms with van der Waals surface area (Å²) < 4.78 is 7.21. The Balaban J connectivity index is 1.63. The minimum Gasteiger partial charge on any atom is -0.496 e. The molecule has 0 unspecified atom stereocenters. The Labute approximate surface area is 175 Å². The van der Waals surface area contributed by atoms with E-state index in [9.17, 15) is 9.59 Å². The number of amides is 1. The van der Waals surface area contributed by atoms with Gasteiger partial charge in [-0.05, 0) is 44.0 Å². The zero-order valence-corrected chi connectivity index (χ0v) is 17.5. The van der Waals surface area contributed by atoms with Crippen LogP contribution in [0.25, 0.3) is 10.9 Å². The van der Waals surface area contributed by atoms with Gasteiger partial charge in [-0.1, -0.05) is 31.0 Å². The number of ether oxygens (including phenoxy) is 1. The first-order valence-corrected chi connectivity index (χ1v) is 10.6. The van der Waals surface area contributed by atoms with E-state index in [4.69, 9.17) is 9.72 Å². The summed E-state index contributed by atoms with van der Waals surface area (Å²) >= 11 is 0. The molecule has 6 nitrogen and oxygen atoms in total. The first kappa shape index (κ1) is 20.1. The lowest BCUT2D eigenvalue weighted by atomic mass is 10.1. The summed E-state index contributed by atoms with van der Waals surface area (Å²) in [4.78, 5) is 30.6. The largest absolute Gasteiger partial charge is 0.496 e. The molecule has 1 aliphatic rings. The van der Waals surface area contributed by atoms with E-state index in [1.807, 2.05) is 35.8 Å². The number of hydrogen-bond donors (Lipinski definition) is 1. The average molecular weight is 405 g/mol. The molecule has 156 valence electrons. The van der Waals surface area contributed by atoms with Gasteiger partial charge in [0.25, 0.3) is 11.5 Å². The van der Waals surface area contributed by atoms with Crippen LogP contribution >= 0.6 is 0 Å². The standard InChI is InChI=1S/C24H27N3O3/c1-16(18-9-6-7-10-21(18)30-2)25-23(28)17-12-13-19-20(15-17)26-22-11-5-3-4-8-14-27(22)24(19)29/h6-7,9-10,12-13,15-16H,3-5,8,11,14H2,1-2H3,(H,25,28)/t16-/m0/s1. The molecule has 3 aromatic rings. The zero-order chi connectivity index (χ0) is 21.1. The predicted octanol–water partition coefficient (Wildman–Crippen LogP) is 4.01. The van der Waals surface area contributed by atoms with E-state index in [-0.39, 0.29) is 17.5 Å². The number of hydrogen-bond acceptors (Lipinski definition) is 4. The van der Waals surface area contributed by atoms with Crippen molar-refractivity contribution in [2.75, 3.05) is 7.11 Å². The SMILES string of the molecule is COc1ccccc1[C@H](C)NC(=O)c1ccc2c(=O)n3c(nc2c1)CCCCCC3. The topological polar surface area (TPSA) is 73.2 Å². The quantitative estimate of drug-likeness (QED) is 0.712. The second-order valence-electron chi connectivity index (χ2n) is 7.82. The van der Waals surface area contributed by atoms with Crippen molar-refractivity contribution >= 4 is 16.8 Å². The van der Waals surface area contributed by atoms with Gasteiger partial charge in [0, 0.05) is 24.1 Å². The van der Waals surface area contributed by atoms with E-state index in [2.05, 4.69) is 5.32 Å². The fourth-order valence-corrected chi connectivity index (χ4v) is 4.12. The van der Waals surface area contributed by atoms with Crippen LogP contribution in [0.4, 0.5) is 0 Å². The number of rotatable bonds is 4. The average Bonchev–Trinajstić information content (AvgIpc) is 2.74. The van der Waals surface area contributed by atoms with Crippen molar-refractivity contribution < 1.29 is 9.53 Å². The summed E-state index contributed by atoms with van der Waals surface area (Å²) in [5.41, 5.74) is 1.98. The van der Waals surface area contributed by atoms with Crippen LogP contribution in [-0.4, -0.2) is 22.6 Å². The molecule has 30 heavy (non-hydrogen) atoms. The van der Waals surface area contributed by atoms with Crippen LogP contribution in [0.5, 0.6) is 5.75 Å². The lowest BCUT2D eigenvalue weighted by molar-refractivity contribution is 0.0939. The first-order chi connectivity index (χ1) is 14.6. The molecule has 1 N–H and O–H groups in total. The molecular formula is C24H27N3O3. The van der Waals surface area contributed by atoms with Gasteiger partial charge in [0.1, 0.15) is 11.6 Å². The highest BCUT2D eigenvalue weighted by molar-refractivity contribution is 5.97. The zero-order valence-electron chi connectivity index (χ0n) is 17.5. The fraction of sp³-hybridized carbons (Fsp3) is 0.375. The van der Waals surface area contributed by atoms with Crippen LogP contribution in [-0.2, 0) is 13.0 Å². The van der Waals surface area contributed by atoms with Crippen LogP contribution < -0.4 is 15.6 Å². The second kappa shape index (κ2) is 8.69. The molecule has 2 heterocycles. The van der Waals surface area contributed by atoms with E-state index in [1.165, 1.54) is 0 Å². The van der Waals surface area contributed by atoms with Crippen LogP contribution in [0.1, 0.15) is 60.4 Å². The number of carbonyl (C=O) groups excluding carboxylic acids is 1. The van der Waals surface area contributed by atoms with Crippen LogP contribution in [0.15, 0.2) is 47.3 Å². The van der Waals surface area contributed by atoms with Crippen LogP contribution in [0.2, 0.25) is 0 Å². The molecule has 1 amide bonds. The van der Waals surface area contributed by atoms with Gasteiger partial charge in [0.2, 0.25) is 0 Å². The number of aromatic nitrogens is 2. The highest BCUT2D eigenvalue weighted by Gasteiger charge is 2.17. The predicted molar refractivity (Wildman–Crippen MR) is 117 cm³/mol. The molecule has 0 spiro atoms. The third kappa shape index (κ3) is 3.95. The molecule has 1 atom stereocenters. The number of nitrogens with zero attached hydrogens (tertiary/aromatic N) is 2. The maximum Gasteiger partial charge on any atom is 0.261 e. The number of nitrogens with one attached hydrogen (secondary N) is 1. The van der Waals surface area contributed by atoms with Gasteiger partial charge in [0.05, 0.1) is 24.1 Å². The summed E-state index contributed by atoms with van der Waals surface area (Å²) in [5, 5.41) is 3.58. The normalized spacial score (nSPS) is 15.0. The van der Waals surface area contributed by atoms with Crippen molar-refractivity contribution in [2.24, 2.45) is 0 Å². The van der Waals surface area contributed by atoms with E-state index in [0.717, 1.165) is 55.8 Å². The highest BCUT2D eigenvalue weighted by Crippen LogP contribution is 2.25. The van der Waals surface area contributed by atoms with Gasteiger partial charge in [-0.3, -0.25) is 14.2 Å². The van der Waals surface area contributed by atoms with Gasteiger partial charge in [-0.15, -0.1) is 0 Å². The summed E-state index contributed by atoms with van der Waals surface area (Å²) in [6.07, 6.45) is 5.15. The second-order valence-corrected chi connectivity index (χ2v) is 7.82. The van der Waals surface area contributed by atoms with E-state index < -0.39 is 0 Å². The summed E-state index contributed by atoms with van der Waals surface area (Å²) in [7, 11) is 1.62. The van der Waals surface area contributed by atoms with Gasteiger partial charge in [-0.25, -0.2) is 4.98 Å². The van der Waals surface area contributed by atoms with Crippen molar-refractivity contribution in [3.8, 4) is 5.75 Å². The van der Waals surface area contributed by atoms with E-state index in [1.54, 1.807) is 25.3 Å². The van der Waals surface area contributed by atoms with Crippen molar-refractivity contribution in [3.63, 3.8) is 0 Å². The summed E-state index contributed by atoms with van der Waals surface area (Å²) in [6.45, 7) is 2.64. The molecule has 0 fully saturated rings. The lowest BCUT2D eigenvalue weighted by Gasteiger charge is -2.18. The lowest BCUT2D eigenvalue weighted by Crippen LogP contribution is -2.28. The molecular weight excluding hydrogens is 378 g/mol. The maximum atomic E-state index is 13.0. The van der Waals surface area contributed by atoms with Crippen molar-refractivity contribution in [2.45, 2.75) is 51.6 Å². The van der Waals surface area contributed by atoms with E-state index >= 15 is 0 Å². The van der Waals surface area contributed by atoms with Crippen LogP contribution in [0.3, 0.4) is 0 Å². The Bertz CT molecular complexity index is 1140. The maximum absolute atomic E-state index is 13.0. The third-order valence-electron chi connectivity index (χ3n) is 5.78. The number of methoxy groups -OCH3 is 1. The first-order valence-electron chi connectivity index (χ1n) is 10.6. The number of para-hydroxylation sites is 1. The Morgan fingerprint density at radius 3 is 2.77 bits per heavy atom. The Morgan fingerprint density at radius 2 is 1.93 bits per heavy atom. The number of aryl methyl sites for hydroxylation is 1. The molecule has 1 aliphatic heterocycles. The molecule has 1 aromatic heterocycles. The smallest absolute Gasteiger partial charge is 0.261 e. The van der Waals surface area contributed by atoms with E-state index in [0.29, 0.717) is 16.5 Å². The Hall–Kier alpha value is -3.15. The minimum absolute atomic E-state index is 0.00810. The Morgan fingerprint density at radius 1 is 1.13 bits per heavy atom. The van der Waals surface area contributed by atoms with Gasteiger partial charge in [0.15, 0.2) is 0 Å². The Kier molecular flexibility index (Phi) is 5.84. The molecule has 0 aliphatic carbocycles. The summed E-state index contributed by atoms with van der Waals surface area (Å²) in [6, 6.07) is 12.5. The number of carbonyl (C=O) groups is 1. The fourth-order valence-electron chi connectivity index (χ4n) is 4.12. The number of fused-ring (bicyclic) bond motifs is 2. The van der Waals surface area contributed by atoms with Crippen molar-refractivity contribution in [1.82, 2.24) is 14.9 Å². The third-order valence-corrected chi connectivity index (χ3v) is 5.78. The highest BCUT2D eigenvalue weighted by atomic mass is 16.5. The molecule has 2 aromatic carbocycles. The molecule has 0 radical (unpaired) electrons. The van der Waals surface area contributed by atoms with Gasteiger partial charge >= 0.3 is 0 Å². The van der Waals surface area contributed by atoms with Crippen molar-refractivity contribution in [3.05, 3.63) is 69.8 Å². The minimum atomic E-state index is -0.223. The monoisotopic (exact) mass is 405 g/mol. The molecule has 6 heteroatoms. The molecule has 0 saturated carbocycles. The molecule has 0 bridgehead atoms. The molecule has 4 rings (SSSR count). The number of benzene rings is 2. The van der Waals surface area contributed by atoms with Gasteiger partial charge < -0.3 is 10.1 Å². The van der Waals surface area contributed by atoms with Crippen LogP contribution in [0, 0.1) is 0 Å². The van der Waals surface area contributed by atoms with Crippen molar-refractivity contribution in [1.29, 1.82) is 0 Å². The molecule has 0 saturated heterocycles. The van der Waals surface area contributed by atoms with Gasteiger partial charge in [-0.2, -0.15) is 0 Å².